The number of benzene rings is 2. The summed E-state index contributed by atoms with van der Waals surface area (Å²) in [5.41, 5.74) is 1.06. The Kier molecular flexibility index (Phi) is 8.98. The van der Waals surface area contributed by atoms with Crippen molar-refractivity contribution in [3.63, 3.8) is 0 Å². The Labute approximate surface area is 248 Å². The number of rotatable bonds is 11. The third kappa shape index (κ3) is 6.75. The first-order valence-corrected chi connectivity index (χ1v) is 15.4. The first-order chi connectivity index (χ1) is 19.7. The van der Waals surface area contributed by atoms with Crippen LogP contribution in [0.3, 0.4) is 0 Å². The number of fused-ring (bicyclic) bond motifs is 1. The molecule has 216 valence electrons. The van der Waals surface area contributed by atoms with E-state index < -0.39 is 22.5 Å². The maximum absolute atomic E-state index is 13.8. The van der Waals surface area contributed by atoms with E-state index in [1.165, 1.54) is 18.2 Å². The first kappa shape index (κ1) is 29.1. The molecule has 0 radical (unpaired) electrons. The molecule has 0 amide bonds. The molecular weight excluding hydrogens is 589 g/mol. The third-order valence-corrected chi connectivity index (χ3v) is 8.77. The van der Waals surface area contributed by atoms with Gasteiger partial charge in [-0.15, -0.1) is 0 Å². The fourth-order valence-electron chi connectivity index (χ4n) is 4.48. The maximum atomic E-state index is 13.8. The van der Waals surface area contributed by atoms with Crippen molar-refractivity contribution in [3.8, 4) is 5.82 Å². The second-order valence-electron chi connectivity index (χ2n) is 9.58. The van der Waals surface area contributed by atoms with Gasteiger partial charge in [0.25, 0.3) is 10.0 Å². The monoisotopic (exact) mass is 617 g/mol. The Balaban J connectivity index is 1.45. The first-order valence-electron chi connectivity index (χ1n) is 13.2. The lowest BCUT2D eigenvalue weighted by molar-refractivity contribution is -0.141. The summed E-state index contributed by atoms with van der Waals surface area (Å²) >= 11 is 12.2. The Bertz CT molecular complexity index is 1620. The molecule has 1 saturated heterocycles. The van der Waals surface area contributed by atoms with Gasteiger partial charge in [-0.1, -0.05) is 36.5 Å². The normalized spacial score (nSPS) is 15.2. The summed E-state index contributed by atoms with van der Waals surface area (Å²) in [6.07, 6.45) is 7.59. The van der Waals surface area contributed by atoms with Crippen LogP contribution >= 0.6 is 23.2 Å². The predicted molar refractivity (Wildman–Crippen MR) is 159 cm³/mol. The summed E-state index contributed by atoms with van der Waals surface area (Å²) in [6.45, 7) is 3.03. The molecule has 0 unspecified atom stereocenters. The van der Waals surface area contributed by atoms with Crippen LogP contribution in [0.5, 0.6) is 0 Å². The number of esters is 1. The Morgan fingerprint density at radius 2 is 1.95 bits per heavy atom. The number of hydrogen-bond donors (Lipinski definition) is 1. The van der Waals surface area contributed by atoms with Crippen molar-refractivity contribution in [2.75, 3.05) is 36.0 Å². The molecule has 3 heterocycles. The fraction of sp³-hybridized carbons (Fsp3) is 0.321. The van der Waals surface area contributed by atoms with Crippen molar-refractivity contribution in [2.24, 2.45) is 0 Å². The summed E-state index contributed by atoms with van der Waals surface area (Å²) in [5, 5.41) is 4.37. The molecule has 2 aromatic carbocycles. The van der Waals surface area contributed by atoms with Gasteiger partial charge in [-0.25, -0.2) is 18.4 Å². The number of carbonyl (C=O) groups excluding carboxylic acids is 1. The highest BCUT2D eigenvalue weighted by molar-refractivity contribution is 7.92. The van der Waals surface area contributed by atoms with Crippen molar-refractivity contribution < 1.29 is 22.7 Å². The Hall–Kier alpha value is -3.38. The van der Waals surface area contributed by atoms with Crippen LogP contribution in [0.4, 0.5) is 11.5 Å². The number of nitrogens with zero attached hydrogens (tertiary/aromatic N) is 4. The van der Waals surface area contributed by atoms with Crippen LogP contribution in [0.25, 0.3) is 16.7 Å². The summed E-state index contributed by atoms with van der Waals surface area (Å²) in [6, 6.07) is 11.2. The number of hydrogen-bond acceptors (Lipinski definition) is 8. The molecule has 13 heteroatoms. The lowest BCUT2D eigenvalue weighted by Gasteiger charge is -2.24. The topological polar surface area (TPSA) is 116 Å². The molecule has 0 bridgehead atoms. The molecule has 0 spiro atoms. The average Bonchev–Trinajstić information content (AvgIpc) is 3.61. The van der Waals surface area contributed by atoms with Crippen LogP contribution in [-0.2, 0) is 24.3 Å². The minimum Gasteiger partial charge on any atom is -0.464 e. The van der Waals surface area contributed by atoms with E-state index in [2.05, 4.69) is 15.3 Å². The quantitative estimate of drug-likeness (QED) is 0.174. The molecule has 10 nitrogen and oxygen atoms in total. The van der Waals surface area contributed by atoms with E-state index in [9.17, 15) is 13.2 Å². The number of sulfonamides is 1. The molecule has 2 aromatic heterocycles. The van der Waals surface area contributed by atoms with Crippen LogP contribution in [0.2, 0.25) is 10.0 Å². The Morgan fingerprint density at radius 3 is 2.63 bits per heavy atom. The zero-order chi connectivity index (χ0) is 29.0. The standard InChI is InChI=1S/C28H29Cl2N5O5S/c1-2-3-9-40-28(36)17-35(41(37,38)24-13-20(29)12-21(30)14-24)23-4-5-25-19(11-23)6-8-34(25)27-16-31-26(15-32-27)33-22-7-10-39-18-22/h4-6,8,11-16,22H,2-3,7,9-10,17-18H2,1H3,(H,31,33)/t22-/m1/s1. The molecule has 41 heavy (non-hydrogen) atoms. The maximum Gasteiger partial charge on any atom is 0.326 e. The van der Waals surface area contributed by atoms with E-state index in [4.69, 9.17) is 32.7 Å². The van der Waals surface area contributed by atoms with E-state index in [0.717, 1.165) is 34.7 Å². The minimum absolute atomic E-state index is 0.137. The predicted octanol–water partition coefficient (Wildman–Crippen LogP) is 5.47. The molecule has 5 rings (SSSR count). The van der Waals surface area contributed by atoms with E-state index in [-0.39, 0.29) is 33.3 Å². The highest BCUT2D eigenvalue weighted by Gasteiger charge is 2.29. The lowest BCUT2D eigenvalue weighted by atomic mass is 10.2. The smallest absolute Gasteiger partial charge is 0.326 e. The second-order valence-corrected chi connectivity index (χ2v) is 12.3. The summed E-state index contributed by atoms with van der Waals surface area (Å²) in [7, 11) is -4.24. The van der Waals surface area contributed by atoms with E-state index in [0.29, 0.717) is 24.7 Å². The SMILES string of the molecule is CCCCOC(=O)CN(c1ccc2c(ccn2-c2cnc(N[C@@H]3CCOC3)cn2)c1)S(=O)(=O)c1cc(Cl)cc(Cl)c1. The van der Waals surface area contributed by atoms with Crippen LogP contribution < -0.4 is 9.62 Å². The highest BCUT2D eigenvalue weighted by Crippen LogP contribution is 2.31. The van der Waals surface area contributed by atoms with Gasteiger partial charge in [-0.2, -0.15) is 0 Å². The number of unbranched alkanes of at least 4 members (excludes halogenated alkanes) is 1. The van der Waals surface area contributed by atoms with Crippen LogP contribution in [-0.4, -0.2) is 61.3 Å². The van der Waals surface area contributed by atoms with E-state index in [1.54, 1.807) is 30.6 Å². The average molecular weight is 619 g/mol. The van der Waals surface area contributed by atoms with Crippen molar-refractivity contribution in [1.29, 1.82) is 0 Å². The lowest BCUT2D eigenvalue weighted by Crippen LogP contribution is -2.36. The van der Waals surface area contributed by atoms with Gasteiger partial charge >= 0.3 is 5.97 Å². The van der Waals surface area contributed by atoms with Gasteiger partial charge in [0.1, 0.15) is 12.4 Å². The van der Waals surface area contributed by atoms with Crippen LogP contribution in [0.1, 0.15) is 26.2 Å². The van der Waals surface area contributed by atoms with Gasteiger partial charge in [0.2, 0.25) is 0 Å². The molecule has 1 atom stereocenters. The Morgan fingerprint density at radius 1 is 1.15 bits per heavy atom. The third-order valence-electron chi connectivity index (χ3n) is 6.59. The molecule has 1 fully saturated rings. The van der Waals surface area contributed by atoms with E-state index >= 15 is 0 Å². The van der Waals surface area contributed by atoms with Crippen molar-refractivity contribution >= 4 is 61.6 Å². The zero-order valence-electron chi connectivity index (χ0n) is 22.3. The zero-order valence-corrected chi connectivity index (χ0v) is 24.6. The number of nitrogens with one attached hydrogen (secondary N) is 1. The molecule has 1 aliphatic heterocycles. The fourth-order valence-corrected chi connectivity index (χ4v) is 6.60. The number of aromatic nitrogens is 3. The molecule has 0 aliphatic carbocycles. The van der Waals surface area contributed by atoms with Crippen molar-refractivity contribution in [3.05, 3.63) is 71.1 Å². The largest absolute Gasteiger partial charge is 0.464 e. The summed E-state index contributed by atoms with van der Waals surface area (Å²) in [5.74, 6) is 0.593. The minimum atomic E-state index is -4.24. The van der Waals surface area contributed by atoms with E-state index in [1.807, 2.05) is 23.8 Å². The molecular formula is C28H29Cl2N5O5S. The number of halogens is 2. The van der Waals surface area contributed by atoms with Crippen LogP contribution in [0.15, 0.2) is 66.0 Å². The number of carbonyl (C=O) groups is 1. The van der Waals surface area contributed by atoms with Gasteiger partial charge in [0.15, 0.2) is 5.82 Å². The van der Waals surface area contributed by atoms with Crippen molar-refractivity contribution in [2.45, 2.75) is 37.1 Å². The number of anilines is 2. The molecule has 0 saturated carbocycles. The van der Waals surface area contributed by atoms with Gasteiger partial charge in [0, 0.05) is 28.2 Å². The van der Waals surface area contributed by atoms with Crippen LogP contribution in [0, 0.1) is 0 Å². The molecule has 1 aliphatic rings. The molecule has 1 N–H and O–H groups in total. The van der Waals surface area contributed by atoms with Crippen molar-refractivity contribution in [1.82, 2.24) is 14.5 Å². The van der Waals surface area contributed by atoms with Gasteiger partial charge in [0.05, 0.1) is 47.7 Å². The summed E-state index contributed by atoms with van der Waals surface area (Å²) < 4.78 is 41.1. The molecule has 4 aromatic rings. The number of ether oxygens (including phenoxy) is 2. The van der Waals surface area contributed by atoms with Gasteiger partial charge in [-0.3, -0.25) is 13.7 Å². The van der Waals surface area contributed by atoms with Gasteiger partial charge < -0.3 is 14.8 Å². The second kappa shape index (κ2) is 12.6. The van der Waals surface area contributed by atoms with Gasteiger partial charge in [-0.05, 0) is 55.3 Å². The highest BCUT2D eigenvalue weighted by atomic mass is 35.5. The summed E-state index contributed by atoms with van der Waals surface area (Å²) in [4.78, 5) is 21.6.